The highest BCUT2D eigenvalue weighted by Gasteiger charge is 2.31. The molecule has 1 aliphatic rings. The average molecular weight is 275 g/mol. The lowest BCUT2D eigenvalue weighted by atomic mass is 9.92. The van der Waals surface area contributed by atoms with Gasteiger partial charge in [0.15, 0.2) is 0 Å². The third kappa shape index (κ3) is 3.38. The Labute approximate surface area is 121 Å². The van der Waals surface area contributed by atoms with Crippen LogP contribution in [0.2, 0.25) is 0 Å². The predicted octanol–water partition coefficient (Wildman–Crippen LogP) is 1.32. The number of benzene rings is 1. The molecule has 0 saturated carbocycles. The fourth-order valence-corrected chi connectivity index (χ4v) is 2.70. The Morgan fingerprint density at radius 1 is 1.45 bits per heavy atom. The quantitative estimate of drug-likeness (QED) is 0.852. The Balaban J connectivity index is 1.89. The zero-order chi connectivity index (χ0) is 14.6. The van der Waals surface area contributed by atoms with E-state index in [-0.39, 0.29) is 5.91 Å². The van der Waals surface area contributed by atoms with Crippen LogP contribution >= 0.6 is 0 Å². The van der Waals surface area contributed by atoms with Gasteiger partial charge in [0.1, 0.15) is 5.54 Å². The van der Waals surface area contributed by atoms with Gasteiger partial charge in [-0.3, -0.25) is 4.79 Å². The van der Waals surface area contributed by atoms with E-state index < -0.39 is 5.54 Å². The zero-order valence-electron chi connectivity index (χ0n) is 12.4. The molecule has 0 aliphatic carbocycles. The summed E-state index contributed by atoms with van der Waals surface area (Å²) in [5, 5.41) is 3.02. The Hall–Kier alpha value is -1.39. The molecule has 2 unspecified atom stereocenters. The van der Waals surface area contributed by atoms with Gasteiger partial charge in [0.05, 0.1) is 0 Å². The highest BCUT2D eigenvalue weighted by atomic mass is 16.2. The molecule has 1 saturated heterocycles. The van der Waals surface area contributed by atoms with Crippen LogP contribution < -0.4 is 11.1 Å². The molecular formula is C16H25N3O. The minimum atomic E-state index is -0.968. The van der Waals surface area contributed by atoms with Gasteiger partial charge in [-0.05, 0) is 37.9 Å². The van der Waals surface area contributed by atoms with Crippen LogP contribution in [0.3, 0.4) is 0 Å². The van der Waals surface area contributed by atoms with Crippen molar-refractivity contribution in [2.24, 2.45) is 11.7 Å². The predicted molar refractivity (Wildman–Crippen MR) is 81.2 cm³/mol. The molecule has 1 fully saturated rings. The zero-order valence-corrected chi connectivity index (χ0v) is 12.4. The molecule has 3 N–H and O–H groups in total. The third-order valence-corrected chi connectivity index (χ3v) is 4.21. The number of amides is 1. The molecule has 0 spiro atoms. The summed E-state index contributed by atoms with van der Waals surface area (Å²) in [4.78, 5) is 14.7. The monoisotopic (exact) mass is 275 g/mol. The van der Waals surface area contributed by atoms with Crippen LogP contribution in [0.25, 0.3) is 0 Å². The number of nitrogens with zero attached hydrogens (tertiary/aromatic N) is 1. The number of hydrogen-bond acceptors (Lipinski definition) is 3. The first-order valence-electron chi connectivity index (χ1n) is 7.39. The molecule has 0 aromatic heterocycles. The van der Waals surface area contributed by atoms with E-state index in [9.17, 15) is 4.79 Å². The number of likely N-dealkylation sites (tertiary alicyclic amines) is 1. The summed E-state index contributed by atoms with van der Waals surface area (Å²) in [5.41, 5.74) is 6.08. The maximum atomic E-state index is 12.3. The minimum absolute atomic E-state index is 0.0985. The van der Waals surface area contributed by atoms with Crippen LogP contribution in [0.5, 0.6) is 0 Å². The first-order chi connectivity index (χ1) is 9.54. The molecule has 4 nitrogen and oxygen atoms in total. The van der Waals surface area contributed by atoms with Crippen LogP contribution in [0.15, 0.2) is 30.3 Å². The summed E-state index contributed by atoms with van der Waals surface area (Å²) < 4.78 is 0. The fourth-order valence-electron chi connectivity index (χ4n) is 2.70. The van der Waals surface area contributed by atoms with Gasteiger partial charge >= 0.3 is 0 Å². The van der Waals surface area contributed by atoms with Gasteiger partial charge in [0.2, 0.25) is 5.91 Å². The molecule has 1 aromatic rings. The van der Waals surface area contributed by atoms with E-state index in [1.165, 1.54) is 0 Å². The lowest BCUT2D eigenvalue weighted by molar-refractivity contribution is -0.126. The van der Waals surface area contributed by atoms with Gasteiger partial charge in [0.25, 0.3) is 0 Å². The molecule has 1 aromatic carbocycles. The minimum Gasteiger partial charge on any atom is -0.354 e. The molecule has 110 valence electrons. The summed E-state index contributed by atoms with van der Waals surface area (Å²) >= 11 is 0. The number of carbonyl (C=O) groups excluding carboxylic acids is 1. The van der Waals surface area contributed by atoms with Gasteiger partial charge in [-0.1, -0.05) is 37.3 Å². The molecule has 2 atom stereocenters. The third-order valence-electron chi connectivity index (χ3n) is 4.21. The highest BCUT2D eigenvalue weighted by Crippen LogP contribution is 2.19. The summed E-state index contributed by atoms with van der Waals surface area (Å²) in [5.74, 6) is 0.448. The Kier molecular flexibility index (Phi) is 4.78. The number of hydrogen-bond donors (Lipinski definition) is 2. The molecular weight excluding hydrogens is 250 g/mol. The van der Waals surface area contributed by atoms with Crippen molar-refractivity contribution in [1.82, 2.24) is 10.2 Å². The maximum Gasteiger partial charge on any atom is 0.244 e. The molecule has 1 amide bonds. The largest absolute Gasteiger partial charge is 0.354 e. The smallest absolute Gasteiger partial charge is 0.244 e. The lowest BCUT2D eigenvalue weighted by Crippen LogP contribution is -2.50. The standard InChI is InChI=1S/C16H25N3O/c1-3-19-10-9-13(12-19)11-18-15(20)16(2,17)14-7-5-4-6-8-14/h4-8,13H,3,9-12,17H2,1-2H3,(H,18,20). The fraction of sp³-hybridized carbons (Fsp3) is 0.562. The normalized spacial score (nSPS) is 22.4. The number of nitrogens with one attached hydrogen (secondary N) is 1. The lowest BCUT2D eigenvalue weighted by Gasteiger charge is -2.25. The van der Waals surface area contributed by atoms with Crippen LogP contribution in [0.4, 0.5) is 0 Å². The number of nitrogens with two attached hydrogens (primary N) is 1. The van der Waals surface area contributed by atoms with Gasteiger partial charge < -0.3 is 16.0 Å². The summed E-state index contributed by atoms with van der Waals surface area (Å²) in [7, 11) is 0. The van der Waals surface area contributed by atoms with Crippen LogP contribution in [0, 0.1) is 5.92 Å². The van der Waals surface area contributed by atoms with Crippen LogP contribution in [-0.2, 0) is 10.3 Å². The average Bonchev–Trinajstić information content (AvgIpc) is 2.93. The van der Waals surface area contributed by atoms with E-state index in [4.69, 9.17) is 5.73 Å². The second-order valence-electron chi connectivity index (χ2n) is 5.83. The summed E-state index contributed by atoms with van der Waals surface area (Å²) in [6.07, 6.45) is 1.15. The molecule has 1 aliphatic heterocycles. The second kappa shape index (κ2) is 6.37. The number of carbonyl (C=O) groups is 1. The molecule has 4 heteroatoms. The van der Waals surface area contributed by atoms with Gasteiger partial charge in [-0.15, -0.1) is 0 Å². The van der Waals surface area contributed by atoms with E-state index in [1.807, 2.05) is 30.3 Å². The first-order valence-corrected chi connectivity index (χ1v) is 7.39. The van der Waals surface area contributed by atoms with E-state index >= 15 is 0 Å². The Morgan fingerprint density at radius 3 is 2.75 bits per heavy atom. The number of rotatable bonds is 5. The van der Waals surface area contributed by atoms with Gasteiger partial charge in [0, 0.05) is 13.1 Å². The van der Waals surface area contributed by atoms with Crippen molar-refractivity contribution in [2.45, 2.75) is 25.8 Å². The van der Waals surface area contributed by atoms with Crippen molar-refractivity contribution in [3.63, 3.8) is 0 Å². The van der Waals surface area contributed by atoms with E-state index in [1.54, 1.807) is 6.92 Å². The SMILES string of the molecule is CCN1CCC(CNC(=O)C(C)(N)c2ccccc2)C1. The van der Waals surface area contributed by atoms with Crippen molar-refractivity contribution >= 4 is 5.91 Å². The Bertz CT molecular complexity index is 444. The maximum absolute atomic E-state index is 12.3. The van der Waals surface area contributed by atoms with Crippen molar-refractivity contribution in [3.8, 4) is 0 Å². The van der Waals surface area contributed by atoms with Crippen molar-refractivity contribution in [2.75, 3.05) is 26.2 Å². The van der Waals surface area contributed by atoms with Gasteiger partial charge in [-0.2, -0.15) is 0 Å². The van der Waals surface area contributed by atoms with E-state index in [0.717, 1.165) is 38.2 Å². The van der Waals surface area contributed by atoms with Crippen molar-refractivity contribution < 1.29 is 4.79 Å². The van der Waals surface area contributed by atoms with Crippen molar-refractivity contribution in [3.05, 3.63) is 35.9 Å². The second-order valence-corrected chi connectivity index (χ2v) is 5.83. The van der Waals surface area contributed by atoms with Crippen LogP contribution in [0.1, 0.15) is 25.8 Å². The van der Waals surface area contributed by atoms with E-state index in [2.05, 4.69) is 17.1 Å². The molecule has 0 radical (unpaired) electrons. The summed E-state index contributed by atoms with van der Waals surface area (Å²) in [6, 6.07) is 9.53. The van der Waals surface area contributed by atoms with Crippen LogP contribution in [-0.4, -0.2) is 37.0 Å². The molecule has 0 bridgehead atoms. The molecule has 20 heavy (non-hydrogen) atoms. The van der Waals surface area contributed by atoms with Crippen molar-refractivity contribution in [1.29, 1.82) is 0 Å². The first kappa shape index (κ1) is 15.0. The highest BCUT2D eigenvalue weighted by molar-refractivity contribution is 5.86. The summed E-state index contributed by atoms with van der Waals surface area (Å²) in [6.45, 7) is 7.95. The molecule has 1 heterocycles. The Morgan fingerprint density at radius 2 is 2.15 bits per heavy atom. The topological polar surface area (TPSA) is 58.4 Å². The van der Waals surface area contributed by atoms with Gasteiger partial charge in [-0.25, -0.2) is 0 Å². The molecule has 2 rings (SSSR count). The van der Waals surface area contributed by atoms with E-state index in [0.29, 0.717) is 5.92 Å².